The van der Waals surface area contributed by atoms with Crippen LogP contribution in [0.1, 0.15) is 12.5 Å². The summed E-state index contributed by atoms with van der Waals surface area (Å²) in [6, 6.07) is 32.3. The molecule has 0 spiro atoms. The van der Waals surface area contributed by atoms with Gasteiger partial charge in [-0.3, -0.25) is 0 Å². The Hall–Kier alpha value is -3.32. The maximum absolute atomic E-state index is 5.96. The minimum absolute atomic E-state index is 0.937. The van der Waals surface area contributed by atoms with Crippen LogP contribution in [-0.4, -0.2) is 0 Å². The van der Waals surface area contributed by atoms with Gasteiger partial charge in [-0.05, 0) is 58.5 Å². The van der Waals surface area contributed by atoms with Gasteiger partial charge < -0.3 is 4.42 Å². The van der Waals surface area contributed by atoms with Crippen LogP contribution in [0.25, 0.3) is 44.2 Å². The van der Waals surface area contributed by atoms with E-state index in [1.54, 1.807) is 0 Å². The average Bonchev–Trinajstić information content (AvgIpc) is 3.12. The van der Waals surface area contributed by atoms with Crippen LogP contribution in [0.3, 0.4) is 0 Å². The molecule has 0 aliphatic carbocycles. The zero-order valence-corrected chi connectivity index (χ0v) is 15.3. The van der Waals surface area contributed by atoms with Crippen molar-refractivity contribution in [2.24, 2.45) is 0 Å². The molecule has 0 aliphatic rings. The van der Waals surface area contributed by atoms with E-state index in [0.29, 0.717) is 0 Å². The SMILES string of the molecule is CCc1cccc(-c2cccc(-c3ccc4oc5ccccc5c4c3)c2)c1. The largest absolute Gasteiger partial charge is 0.456 e. The quantitative estimate of drug-likeness (QED) is 0.329. The molecule has 5 rings (SSSR count). The minimum Gasteiger partial charge on any atom is -0.456 e. The minimum atomic E-state index is 0.937. The summed E-state index contributed by atoms with van der Waals surface area (Å²) in [6.07, 6.45) is 1.05. The van der Waals surface area contributed by atoms with Gasteiger partial charge in [0, 0.05) is 10.8 Å². The van der Waals surface area contributed by atoms with Crippen molar-refractivity contribution in [2.45, 2.75) is 13.3 Å². The van der Waals surface area contributed by atoms with Crippen LogP contribution in [0.4, 0.5) is 0 Å². The van der Waals surface area contributed by atoms with Crippen molar-refractivity contribution in [2.75, 3.05) is 0 Å². The van der Waals surface area contributed by atoms with E-state index in [0.717, 1.165) is 17.6 Å². The summed E-state index contributed by atoms with van der Waals surface area (Å²) in [6.45, 7) is 2.19. The van der Waals surface area contributed by atoms with E-state index in [-0.39, 0.29) is 0 Å². The molecular formula is C26H20O. The molecule has 0 bridgehead atoms. The van der Waals surface area contributed by atoms with Crippen LogP contribution in [-0.2, 0) is 6.42 Å². The van der Waals surface area contributed by atoms with Crippen molar-refractivity contribution in [1.82, 2.24) is 0 Å². The van der Waals surface area contributed by atoms with E-state index in [4.69, 9.17) is 4.42 Å². The zero-order valence-electron chi connectivity index (χ0n) is 15.3. The number of aryl methyl sites for hydroxylation is 1. The summed E-state index contributed by atoms with van der Waals surface area (Å²) in [5, 5.41) is 2.34. The van der Waals surface area contributed by atoms with Crippen molar-refractivity contribution in [3.63, 3.8) is 0 Å². The van der Waals surface area contributed by atoms with Gasteiger partial charge in [0.15, 0.2) is 0 Å². The third-order valence-corrected chi connectivity index (χ3v) is 5.24. The van der Waals surface area contributed by atoms with Crippen LogP contribution in [0, 0.1) is 0 Å². The highest BCUT2D eigenvalue weighted by Crippen LogP contribution is 2.33. The average molecular weight is 348 g/mol. The number of hydrogen-bond donors (Lipinski definition) is 0. The van der Waals surface area contributed by atoms with E-state index in [9.17, 15) is 0 Å². The number of benzene rings is 4. The van der Waals surface area contributed by atoms with Gasteiger partial charge in [-0.15, -0.1) is 0 Å². The Kier molecular flexibility index (Phi) is 3.79. The highest BCUT2D eigenvalue weighted by Gasteiger charge is 2.08. The lowest BCUT2D eigenvalue weighted by atomic mass is 9.97. The molecule has 0 saturated carbocycles. The van der Waals surface area contributed by atoms with Gasteiger partial charge in [0.25, 0.3) is 0 Å². The van der Waals surface area contributed by atoms with Crippen LogP contribution in [0.2, 0.25) is 0 Å². The number of para-hydroxylation sites is 1. The van der Waals surface area contributed by atoms with Gasteiger partial charge in [0.05, 0.1) is 0 Å². The van der Waals surface area contributed by atoms with Gasteiger partial charge in [0.1, 0.15) is 11.2 Å². The first-order valence-corrected chi connectivity index (χ1v) is 9.43. The fourth-order valence-corrected chi connectivity index (χ4v) is 3.75. The van der Waals surface area contributed by atoms with Crippen LogP contribution in [0.5, 0.6) is 0 Å². The molecular weight excluding hydrogens is 328 g/mol. The Morgan fingerprint density at radius 2 is 1.22 bits per heavy atom. The molecule has 4 aromatic carbocycles. The molecule has 1 nitrogen and oxygen atoms in total. The number of furan rings is 1. The second-order valence-corrected chi connectivity index (χ2v) is 6.94. The molecule has 0 atom stereocenters. The first-order chi connectivity index (χ1) is 13.3. The number of hydrogen-bond acceptors (Lipinski definition) is 1. The molecule has 0 unspecified atom stereocenters. The lowest BCUT2D eigenvalue weighted by Crippen LogP contribution is -1.84. The molecule has 27 heavy (non-hydrogen) atoms. The Labute approximate surface area is 158 Å². The normalized spacial score (nSPS) is 11.3. The second-order valence-electron chi connectivity index (χ2n) is 6.94. The monoisotopic (exact) mass is 348 g/mol. The summed E-state index contributed by atoms with van der Waals surface area (Å²) in [4.78, 5) is 0. The van der Waals surface area contributed by atoms with Crippen molar-refractivity contribution < 1.29 is 4.42 Å². The first-order valence-electron chi connectivity index (χ1n) is 9.43. The molecule has 0 amide bonds. The van der Waals surface area contributed by atoms with Gasteiger partial charge in [-0.1, -0.05) is 73.7 Å². The van der Waals surface area contributed by atoms with Crippen LogP contribution in [0.15, 0.2) is 95.4 Å². The Balaban J connectivity index is 1.63. The van der Waals surface area contributed by atoms with Crippen molar-refractivity contribution in [1.29, 1.82) is 0 Å². The predicted octanol–water partition coefficient (Wildman–Crippen LogP) is 7.48. The topological polar surface area (TPSA) is 13.1 Å². The van der Waals surface area contributed by atoms with E-state index in [2.05, 4.69) is 85.8 Å². The molecule has 1 aromatic heterocycles. The number of rotatable bonds is 3. The third-order valence-electron chi connectivity index (χ3n) is 5.24. The maximum atomic E-state index is 5.96. The lowest BCUT2D eigenvalue weighted by molar-refractivity contribution is 0.669. The maximum Gasteiger partial charge on any atom is 0.135 e. The van der Waals surface area contributed by atoms with Crippen LogP contribution < -0.4 is 0 Å². The lowest BCUT2D eigenvalue weighted by Gasteiger charge is -2.08. The summed E-state index contributed by atoms with van der Waals surface area (Å²) in [5.74, 6) is 0. The van der Waals surface area contributed by atoms with Gasteiger partial charge >= 0.3 is 0 Å². The molecule has 0 radical (unpaired) electrons. The first kappa shape index (κ1) is 15.9. The van der Waals surface area contributed by atoms with E-state index >= 15 is 0 Å². The molecule has 0 fully saturated rings. The molecule has 0 aliphatic heterocycles. The molecule has 0 saturated heterocycles. The van der Waals surface area contributed by atoms with Crippen LogP contribution >= 0.6 is 0 Å². The van der Waals surface area contributed by atoms with Gasteiger partial charge in [-0.25, -0.2) is 0 Å². The molecule has 0 N–H and O–H groups in total. The molecule has 1 heterocycles. The van der Waals surface area contributed by atoms with Gasteiger partial charge in [0.2, 0.25) is 0 Å². The summed E-state index contributed by atoms with van der Waals surface area (Å²) in [5.41, 5.74) is 8.20. The molecule has 130 valence electrons. The molecule has 5 aromatic rings. The Morgan fingerprint density at radius 1 is 0.556 bits per heavy atom. The highest BCUT2D eigenvalue weighted by atomic mass is 16.3. The second kappa shape index (κ2) is 6.44. The zero-order chi connectivity index (χ0) is 18.2. The standard InChI is InChI=1S/C26H20O/c1-2-18-7-5-8-19(15-18)20-9-6-10-21(16-20)22-13-14-26-24(17-22)23-11-3-4-12-25(23)27-26/h3-17H,2H2,1H3. The smallest absolute Gasteiger partial charge is 0.135 e. The molecule has 1 heteroatoms. The van der Waals surface area contributed by atoms with Crippen molar-refractivity contribution in [3.05, 3.63) is 96.6 Å². The number of fused-ring (bicyclic) bond motifs is 3. The fraction of sp³-hybridized carbons (Fsp3) is 0.0769. The van der Waals surface area contributed by atoms with E-state index in [1.807, 2.05) is 12.1 Å². The van der Waals surface area contributed by atoms with E-state index < -0.39 is 0 Å². The van der Waals surface area contributed by atoms with E-state index in [1.165, 1.54) is 38.6 Å². The fourth-order valence-electron chi connectivity index (χ4n) is 3.75. The van der Waals surface area contributed by atoms with Crippen molar-refractivity contribution >= 4 is 21.9 Å². The Bertz CT molecular complexity index is 1260. The highest BCUT2D eigenvalue weighted by molar-refractivity contribution is 6.06. The summed E-state index contributed by atoms with van der Waals surface area (Å²) >= 11 is 0. The van der Waals surface area contributed by atoms with Gasteiger partial charge in [-0.2, -0.15) is 0 Å². The Morgan fingerprint density at radius 3 is 2.04 bits per heavy atom. The summed E-state index contributed by atoms with van der Waals surface area (Å²) < 4.78 is 5.96. The third kappa shape index (κ3) is 2.82. The summed E-state index contributed by atoms with van der Waals surface area (Å²) in [7, 11) is 0. The van der Waals surface area contributed by atoms with Crippen molar-refractivity contribution in [3.8, 4) is 22.3 Å². The predicted molar refractivity (Wildman–Crippen MR) is 114 cm³/mol.